The molecule has 190 valence electrons. The van der Waals surface area contributed by atoms with E-state index >= 15 is 0 Å². The fraction of sp³-hybridized carbons (Fsp3) is 0.400. The van der Waals surface area contributed by atoms with Crippen molar-refractivity contribution in [1.82, 2.24) is 9.97 Å². The molecule has 0 bridgehead atoms. The molecule has 0 saturated carbocycles. The molecular formula is C30H38Cl2N2Si2. The highest BCUT2D eigenvalue weighted by Gasteiger charge is 2.42. The molecule has 0 atom stereocenters. The predicted octanol–water partition coefficient (Wildman–Crippen LogP) is 9.23. The number of halogens is 2. The maximum absolute atomic E-state index is 6.26. The van der Waals surface area contributed by atoms with E-state index in [4.69, 9.17) is 33.2 Å². The molecule has 3 rings (SSSR count). The number of hydrogen-bond donors (Lipinski definition) is 0. The van der Waals surface area contributed by atoms with Gasteiger partial charge in [0.2, 0.25) is 0 Å². The summed E-state index contributed by atoms with van der Waals surface area (Å²) in [6.45, 7) is 23.3. The summed E-state index contributed by atoms with van der Waals surface area (Å²) in [6, 6.07) is 15.7. The molecule has 2 nitrogen and oxygen atoms in total. The Morgan fingerprint density at radius 1 is 0.667 bits per heavy atom. The molecule has 0 radical (unpaired) electrons. The van der Waals surface area contributed by atoms with E-state index in [2.05, 4.69) is 91.3 Å². The molecule has 0 unspecified atom stereocenters. The van der Waals surface area contributed by atoms with Gasteiger partial charge in [0, 0.05) is 26.4 Å². The average molecular weight is 554 g/mol. The third kappa shape index (κ3) is 5.97. The van der Waals surface area contributed by atoms with Crippen molar-refractivity contribution in [2.75, 3.05) is 0 Å². The molecule has 0 aliphatic heterocycles. The fourth-order valence-corrected chi connectivity index (χ4v) is 6.78. The van der Waals surface area contributed by atoms with E-state index in [0.717, 1.165) is 22.5 Å². The van der Waals surface area contributed by atoms with Crippen molar-refractivity contribution in [3.8, 4) is 34.1 Å². The first kappa shape index (κ1) is 28.7. The Morgan fingerprint density at radius 3 is 1.58 bits per heavy atom. The maximum atomic E-state index is 6.26. The first-order chi connectivity index (χ1) is 16.4. The predicted molar refractivity (Wildman–Crippen MR) is 164 cm³/mol. The van der Waals surface area contributed by atoms with E-state index in [1.165, 1.54) is 5.19 Å². The summed E-state index contributed by atoms with van der Waals surface area (Å²) in [7, 11) is -3.97. The molecule has 1 aromatic heterocycles. The number of hydrogen-bond acceptors (Lipinski definition) is 2. The third-order valence-corrected chi connectivity index (χ3v) is 18.5. The van der Waals surface area contributed by atoms with Crippen LogP contribution >= 0.6 is 23.2 Å². The minimum Gasteiger partial charge on any atom is -0.228 e. The Labute approximate surface area is 229 Å². The summed E-state index contributed by atoms with van der Waals surface area (Å²) in [5.41, 5.74) is 7.50. The SMILES string of the molecule is CC(C)(C)[Si](C)(C)C#Cc1nc(-c2ccc(Cl)cc2)nc(-c2ccc(Cl)cc2)c1[Si](C)(C)C(C)(C)C. The molecule has 0 aliphatic rings. The second kappa shape index (κ2) is 10.1. The van der Waals surface area contributed by atoms with Gasteiger partial charge in [-0.05, 0) is 46.5 Å². The summed E-state index contributed by atoms with van der Waals surface area (Å²) in [5.74, 6) is 4.29. The van der Waals surface area contributed by atoms with Crippen LogP contribution in [0, 0.1) is 11.5 Å². The molecule has 0 fully saturated rings. The summed E-state index contributed by atoms with van der Waals surface area (Å²) in [4.78, 5) is 10.3. The zero-order valence-electron chi connectivity index (χ0n) is 23.3. The number of benzene rings is 2. The van der Waals surface area contributed by atoms with Crippen LogP contribution in [0.15, 0.2) is 48.5 Å². The largest absolute Gasteiger partial charge is 0.228 e. The first-order valence-corrected chi connectivity index (χ1v) is 19.2. The van der Waals surface area contributed by atoms with E-state index < -0.39 is 16.1 Å². The van der Waals surface area contributed by atoms with Crippen LogP contribution in [0.25, 0.3) is 22.6 Å². The summed E-state index contributed by atoms with van der Waals surface area (Å²) >= 11 is 12.4. The molecule has 0 spiro atoms. The fourth-order valence-electron chi connectivity index (χ4n) is 3.47. The molecule has 0 saturated heterocycles. The van der Waals surface area contributed by atoms with Crippen molar-refractivity contribution >= 4 is 44.5 Å². The monoisotopic (exact) mass is 552 g/mol. The minimum atomic E-state index is -2.11. The zero-order chi connectivity index (χ0) is 27.1. The molecule has 0 N–H and O–H groups in total. The van der Waals surface area contributed by atoms with E-state index in [1.54, 1.807) is 0 Å². The second-order valence-electron chi connectivity index (χ2n) is 12.6. The Kier molecular flexibility index (Phi) is 8.04. The van der Waals surface area contributed by atoms with Crippen LogP contribution in [0.5, 0.6) is 0 Å². The van der Waals surface area contributed by atoms with Crippen LogP contribution in [0.3, 0.4) is 0 Å². The van der Waals surface area contributed by atoms with Crippen LogP contribution in [-0.4, -0.2) is 26.1 Å². The van der Waals surface area contributed by atoms with Crippen molar-refractivity contribution in [2.24, 2.45) is 0 Å². The second-order valence-corrected chi connectivity index (χ2v) is 23.8. The van der Waals surface area contributed by atoms with E-state index in [0.29, 0.717) is 15.9 Å². The van der Waals surface area contributed by atoms with Gasteiger partial charge in [0.05, 0.1) is 13.8 Å². The van der Waals surface area contributed by atoms with Gasteiger partial charge in [0.1, 0.15) is 13.8 Å². The highest BCUT2D eigenvalue weighted by Crippen LogP contribution is 2.39. The lowest BCUT2D eigenvalue weighted by Gasteiger charge is -2.39. The number of nitrogens with zero attached hydrogens (tertiary/aromatic N) is 2. The van der Waals surface area contributed by atoms with Gasteiger partial charge < -0.3 is 0 Å². The molecule has 36 heavy (non-hydrogen) atoms. The van der Waals surface area contributed by atoms with Crippen LogP contribution in [0.4, 0.5) is 0 Å². The standard InChI is InChI=1S/C30H38Cl2N2Si2/c1-29(2,3)35(7,8)20-19-25-27(36(9,10)30(4,5)6)26(21-11-15-23(31)16-12-21)34-28(33-25)22-13-17-24(32)18-14-22/h11-18H,1-10H3. The minimum absolute atomic E-state index is 0.0761. The van der Waals surface area contributed by atoms with Gasteiger partial charge in [-0.3, -0.25) is 0 Å². The van der Waals surface area contributed by atoms with Gasteiger partial charge >= 0.3 is 0 Å². The van der Waals surface area contributed by atoms with Crippen molar-refractivity contribution < 1.29 is 0 Å². The molecular weight excluding hydrogens is 515 g/mol. The van der Waals surface area contributed by atoms with Gasteiger partial charge in [-0.2, -0.15) is 0 Å². The topological polar surface area (TPSA) is 25.8 Å². The van der Waals surface area contributed by atoms with Crippen molar-refractivity contribution in [3.63, 3.8) is 0 Å². The molecule has 0 aliphatic carbocycles. The van der Waals surface area contributed by atoms with Gasteiger partial charge in [-0.25, -0.2) is 9.97 Å². The lowest BCUT2D eigenvalue weighted by molar-refractivity contribution is 0.729. The van der Waals surface area contributed by atoms with E-state index in [9.17, 15) is 0 Å². The molecule has 6 heteroatoms. The molecule has 1 heterocycles. The molecule has 3 aromatic rings. The number of aromatic nitrogens is 2. The van der Waals surface area contributed by atoms with Crippen molar-refractivity contribution in [1.29, 1.82) is 0 Å². The lowest BCUT2D eigenvalue weighted by atomic mass is 10.1. The Hall–Kier alpha value is -1.91. The highest BCUT2D eigenvalue weighted by atomic mass is 35.5. The van der Waals surface area contributed by atoms with Gasteiger partial charge in [0.25, 0.3) is 0 Å². The lowest BCUT2D eigenvalue weighted by Crippen LogP contribution is -2.52. The van der Waals surface area contributed by atoms with Crippen LogP contribution in [-0.2, 0) is 0 Å². The highest BCUT2D eigenvalue weighted by molar-refractivity contribution is 6.93. The Bertz CT molecular complexity index is 1300. The Balaban J connectivity index is 2.46. The average Bonchev–Trinajstić information content (AvgIpc) is 2.76. The van der Waals surface area contributed by atoms with Crippen LogP contribution < -0.4 is 5.19 Å². The van der Waals surface area contributed by atoms with E-state index in [1.807, 2.05) is 36.4 Å². The van der Waals surface area contributed by atoms with Crippen LogP contribution in [0.1, 0.15) is 47.2 Å². The first-order valence-electron chi connectivity index (χ1n) is 12.4. The molecule has 2 aromatic carbocycles. The zero-order valence-corrected chi connectivity index (χ0v) is 26.8. The summed E-state index contributed by atoms with van der Waals surface area (Å²) < 4.78 is 0. The quantitative estimate of drug-likeness (QED) is 0.239. The van der Waals surface area contributed by atoms with Gasteiger partial charge in [-0.15, -0.1) is 5.54 Å². The van der Waals surface area contributed by atoms with E-state index in [-0.39, 0.29) is 10.1 Å². The maximum Gasteiger partial charge on any atom is 0.161 e. The van der Waals surface area contributed by atoms with Crippen LogP contribution in [0.2, 0.25) is 46.3 Å². The third-order valence-electron chi connectivity index (χ3n) is 8.00. The summed E-state index contributed by atoms with van der Waals surface area (Å²) in [5, 5.41) is 2.83. The normalized spacial score (nSPS) is 12.8. The number of rotatable bonds is 3. The van der Waals surface area contributed by atoms with Crippen molar-refractivity contribution in [2.45, 2.75) is 77.8 Å². The Morgan fingerprint density at radius 2 is 1.14 bits per heavy atom. The van der Waals surface area contributed by atoms with Gasteiger partial charge in [-0.1, -0.05) is 109 Å². The van der Waals surface area contributed by atoms with Gasteiger partial charge in [0.15, 0.2) is 5.82 Å². The van der Waals surface area contributed by atoms with Crippen molar-refractivity contribution in [3.05, 3.63) is 64.3 Å². The molecule has 0 amide bonds. The summed E-state index contributed by atoms with van der Waals surface area (Å²) in [6.07, 6.45) is 0. The smallest absolute Gasteiger partial charge is 0.161 e.